The molecule has 1 aliphatic rings. The molecular weight excluding hydrogens is 594 g/mol. The van der Waals surface area contributed by atoms with Gasteiger partial charge in [0.15, 0.2) is 33.9 Å². The molecule has 0 bridgehead atoms. The van der Waals surface area contributed by atoms with Gasteiger partial charge in [0, 0.05) is 36.2 Å². The molecule has 43 heavy (non-hydrogen) atoms. The number of halogens is 1. The molecule has 0 radical (unpaired) electrons. The summed E-state index contributed by atoms with van der Waals surface area (Å²) in [5, 5.41) is 4.22. The Bertz CT molecular complexity index is 1710. The second kappa shape index (κ2) is 13.8. The molecule has 1 aromatic heterocycles. The summed E-state index contributed by atoms with van der Waals surface area (Å²) in [6.07, 6.45) is 1.24. The van der Waals surface area contributed by atoms with Gasteiger partial charge in [0.25, 0.3) is 5.56 Å². The summed E-state index contributed by atoms with van der Waals surface area (Å²) in [6, 6.07) is 15.6. The number of fused-ring (bicyclic) bond motifs is 2. The molecule has 12 heteroatoms. The quantitative estimate of drug-likeness (QED) is 0.126. The topological polar surface area (TPSA) is 118 Å². The number of benzene rings is 3. The van der Waals surface area contributed by atoms with Crippen LogP contribution in [0.25, 0.3) is 10.9 Å². The first-order valence-electron chi connectivity index (χ1n) is 13.6. The zero-order valence-electron chi connectivity index (χ0n) is 23.7. The molecule has 3 aromatic carbocycles. The molecule has 0 spiro atoms. The van der Waals surface area contributed by atoms with E-state index in [0.29, 0.717) is 69.0 Å². The minimum atomic E-state index is -0.279. The van der Waals surface area contributed by atoms with Crippen molar-refractivity contribution in [2.24, 2.45) is 0 Å². The fraction of sp³-hybridized carbons (Fsp3) is 0.290. The molecule has 0 saturated heterocycles. The first-order valence-corrected chi connectivity index (χ1v) is 15.0. The number of hydrogen-bond donors (Lipinski definition) is 1. The molecule has 10 nitrogen and oxygen atoms in total. The van der Waals surface area contributed by atoms with Gasteiger partial charge in [-0.25, -0.2) is 4.98 Å². The summed E-state index contributed by atoms with van der Waals surface area (Å²) in [5.74, 6) is 2.08. The molecule has 0 fully saturated rings. The monoisotopic (exact) mass is 623 g/mol. The summed E-state index contributed by atoms with van der Waals surface area (Å²) in [4.78, 5) is 43.7. The van der Waals surface area contributed by atoms with E-state index >= 15 is 0 Å². The molecule has 4 aromatic rings. The van der Waals surface area contributed by atoms with Gasteiger partial charge < -0.3 is 24.3 Å². The van der Waals surface area contributed by atoms with Crippen LogP contribution in [0.5, 0.6) is 23.0 Å². The largest absolute Gasteiger partial charge is 0.493 e. The van der Waals surface area contributed by atoms with Crippen LogP contribution in [0.15, 0.2) is 64.5 Å². The molecule has 1 amide bonds. The van der Waals surface area contributed by atoms with Crippen LogP contribution in [0.4, 0.5) is 0 Å². The molecule has 224 valence electrons. The normalized spacial score (nSPS) is 11.9. The van der Waals surface area contributed by atoms with Gasteiger partial charge in [-0.2, -0.15) is 0 Å². The predicted molar refractivity (Wildman–Crippen MR) is 164 cm³/mol. The SMILES string of the molecule is COc1ccc(CCNC(=O)CCCn2c(SCC(=O)c3ccc(Cl)cc3)nc3cc4c(cc3c2=O)OCO4)cc1OC. The second-order valence-corrected chi connectivity index (χ2v) is 11.1. The zero-order valence-corrected chi connectivity index (χ0v) is 25.3. The van der Waals surface area contributed by atoms with Crippen molar-refractivity contribution in [1.82, 2.24) is 14.9 Å². The number of Topliss-reactive ketones (excluding diaryl/α,β-unsaturated/α-hetero) is 1. The van der Waals surface area contributed by atoms with Crippen LogP contribution >= 0.6 is 23.4 Å². The number of carbonyl (C=O) groups excluding carboxylic acids is 2. The van der Waals surface area contributed by atoms with E-state index in [1.807, 2.05) is 18.2 Å². The van der Waals surface area contributed by atoms with Gasteiger partial charge in [0.1, 0.15) is 0 Å². The van der Waals surface area contributed by atoms with Crippen molar-refractivity contribution in [1.29, 1.82) is 0 Å². The van der Waals surface area contributed by atoms with Gasteiger partial charge in [0.05, 0.1) is 30.9 Å². The highest BCUT2D eigenvalue weighted by molar-refractivity contribution is 7.99. The Kier molecular flexibility index (Phi) is 9.73. The van der Waals surface area contributed by atoms with E-state index < -0.39 is 0 Å². The van der Waals surface area contributed by atoms with Crippen LogP contribution in [-0.2, 0) is 17.8 Å². The summed E-state index contributed by atoms with van der Waals surface area (Å²) in [5.41, 5.74) is 1.68. The van der Waals surface area contributed by atoms with E-state index in [1.54, 1.807) is 50.6 Å². The molecule has 5 rings (SSSR count). The Labute approximate surface area is 257 Å². The fourth-order valence-corrected chi connectivity index (χ4v) is 5.66. The minimum absolute atomic E-state index is 0.0676. The van der Waals surface area contributed by atoms with E-state index in [0.717, 1.165) is 5.56 Å². The van der Waals surface area contributed by atoms with Crippen LogP contribution in [0, 0.1) is 0 Å². The van der Waals surface area contributed by atoms with E-state index in [9.17, 15) is 14.4 Å². The third-order valence-corrected chi connectivity index (χ3v) is 8.11. The third-order valence-electron chi connectivity index (χ3n) is 6.88. The van der Waals surface area contributed by atoms with Crippen LogP contribution < -0.4 is 29.8 Å². The molecule has 0 unspecified atom stereocenters. The standard InChI is InChI=1S/C31H30ClN3O7S/c1-39-25-10-5-19(14-26(25)40-2)11-12-33-29(37)4-3-13-35-30(38)22-15-27-28(42-18-41-27)16-23(22)34-31(35)43-17-24(36)20-6-8-21(32)9-7-20/h5-10,14-16H,3-4,11-13,17-18H2,1-2H3,(H,33,37). The van der Waals surface area contributed by atoms with E-state index in [4.69, 9.17) is 35.5 Å². The van der Waals surface area contributed by atoms with Crippen molar-refractivity contribution in [3.8, 4) is 23.0 Å². The summed E-state index contributed by atoms with van der Waals surface area (Å²) < 4.78 is 23.0. The highest BCUT2D eigenvalue weighted by Gasteiger charge is 2.20. The molecule has 2 heterocycles. The number of ketones is 1. The lowest BCUT2D eigenvalue weighted by Gasteiger charge is -2.14. The summed E-state index contributed by atoms with van der Waals surface area (Å²) in [7, 11) is 3.16. The highest BCUT2D eigenvalue weighted by atomic mass is 35.5. The lowest BCUT2D eigenvalue weighted by Crippen LogP contribution is -2.27. The number of nitrogens with zero attached hydrogens (tertiary/aromatic N) is 2. The fourth-order valence-electron chi connectivity index (χ4n) is 4.62. The number of methoxy groups -OCH3 is 2. The van der Waals surface area contributed by atoms with Crippen LogP contribution in [-0.4, -0.2) is 54.6 Å². The maximum atomic E-state index is 13.6. The van der Waals surface area contributed by atoms with Gasteiger partial charge in [-0.3, -0.25) is 19.0 Å². The highest BCUT2D eigenvalue weighted by Crippen LogP contribution is 2.35. The predicted octanol–water partition coefficient (Wildman–Crippen LogP) is 4.91. The molecule has 1 aliphatic heterocycles. The number of hydrogen-bond acceptors (Lipinski definition) is 9. The van der Waals surface area contributed by atoms with Crippen LogP contribution in [0.1, 0.15) is 28.8 Å². The van der Waals surface area contributed by atoms with Crippen molar-refractivity contribution >= 4 is 46.0 Å². The average Bonchev–Trinajstić information content (AvgIpc) is 3.48. The Morgan fingerprint density at radius 2 is 1.77 bits per heavy atom. The number of nitrogens with one attached hydrogen (secondary N) is 1. The van der Waals surface area contributed by atoms with E-state index in [2.05, 4.69) is 5.32 Å². The van der Waals surface area contributed by atoms with Crippen LogP contribution in [0.2, 0.25) is 5.02 Å². The van der Waals surface area contributed by atoms with Crippen molar-refractivity contribution in [2.45, 2.75) is 31.0 Å². The summed E-state index contributed by atoms with van der Waals surface area (Å²) in [6.45, 7) is 0.766. The average molecular weight is 624 g/mol. The smallest absolute Gasteiger partial charge is 0.262 e. The van der Waals surface area contributed by atoms with Crippen molar-refractivity contribution in [3.63, 3.8) is 0 Å². The minimum Gasteiger partial charge on any atom is -0.493 e. The number of carbonyl (C=O) groups is 2. The number of rotatable bonds is 13. The number of ether oxygens (including phenoxy) is 4. The first kappa shape index (κ1) is 30.2. The van der Waals surface area contributed by atoms with E-state index in [-0.39, 0.29) is 42.8 Å². The van der Waals surface area contributed by atoms with Crippen molar-refractivity contribution in [3.05, 3.63) is 81.1 Å². The Hall–Kier alpha value is -4.22. The first-order chi connectivity index (χ1) is 20.9. The number of aromatic nitrogens is 2. The lowest BCUT2D eigenvalue weighted by atomic mass is 10.1. The van der Waals surface area contributed by atoms with Gasteiger partial charge in [-0.15, -0.1) is 0 Å². The number of amides is 1. The molecule has 0 aliphatic carbocycles. The molecule has 0 saturated carbocycles. The Morgan fingerprint density at radius 1 is 1.02 bits per heavy atom. The van der Waals surface area contributed by atoms with Gasteiger partial charge >= 0.3 is 0 Å². The maximum absolute atomic E-state index is 13.6. The van der Waals surface area contributed by atoms with Gasteiger partial charge in [0.2, 0.25) is 12.7 Å². The molecule has 0 atom stereocenters. The Morgan fingerprint density at radius 3 is 2.51 bits per heavy atom. The zero-order chi connectivity index (χ0) is 30.3. The second-order valence-electron chi connectivity index (χ2n) is 9.69. The lowest BCUT2D eigenvalue weighted by molar-refractivity contribution is -0.121. The third kappa shape index (κ3) is 7.23. The van der Waals surface area contributed by atoms with Crippen molar-refractivity contribution in [2.75, 3.05) is 33.3 Å². The van der Waals surface area contributed by atoms with Crippen LogP contribution in [0.3, 0.4) is 0 Å². The molecule has 1 N–H and O–H groups in total. The van der Waals surface area contributed by atoms with Gasteiger partial charge in [-0.1, -0.05) is 29.4 Å². The molecular formula is C31H30ClN3O7S. The number of thioether (sulfide) groups is 1. The van der Waals surface area contributed by atoms with E-state index in [1.165, 1.54) is 16.3 Å². The van der Waals surface area contributed by atoms with Gasteiger partial charge in [-0.05, 0) is 60.9 Å². The summed E-state index contributed by atoms with van der Waals surface area (Å²) >= 11 is 7.12. The maximum Gasteiger partial charge on any atom is 0.262 e. The Balaban J connectivity index is 1.25. The van der Waals surface area contributed by atoms with Crippen molar-refractivity contribution < 1.29 is 28.5 Å².